The zero-order valence-corrected chi connectivity index (χ0v) is 27.3. The predicted octanol–water partition coefficient (Wildman–Crippen LogP) is 7.16. The van der Waals surface area contributed by atoms with Crippen molar-refractivity contribution in [1.82, 2.24) is 0 Å². The summed E-state index contributed by atoms with van der Waals surface area (Å²) in [6.45, 7) is 17.1. The van der Waals surface area contributed by atoms with Gasteiger partial charge in [-0.1, -0.05) is 96.5 Å². The molecule has 0 amide bonds. The fourth-order valence-corrected chi connectivity index (χ4v) is 8.71. The highest BCUT2D eigenvalue weighted by Crippen LogP contribution is 2.65. The molecule has 4 atom stereocenters. The van der Waals surface area contributed by atoms with Crippen molar-refractivity contribution in [2.75, 3.05) is 0 Å². The Bertz CT molecular complexity index is 1700. The Labute approximate surface area is 260 Å². The number of rotatable bonds is 4. The van der Waals surface area contributed by atoms with E-state index < -0.39 is 45.5 Å². The van der Waals surface area contributed by atoms with Crippen molar-refractivity contribution >= 4 is 35.3 Å². The van der Waals surface area contributed by atoms with E-state index in [0.29, 0.717) is 17.6 Å². The quantitative estimate of drug-likeness (QED) is 0.196. The van der Waals surface area contributed by atoms with Gasteiger partial charge in [-0.05, 0) is 72.3 Å². The van der Waals surface area contributed by atoms with Crippen LogP contribution in [0.5, 0.6) is 5.75 Å². The number of aliphatic hydroxyl groups is 2. The third-order valence-corrected chi connectivity index (χ3v) is 10.5. The van der Waals surface area contributed by atoms with Crippen LogP contribution in [-0.2, 0) is 26.2 Å². The summed E-state index contributed by atoms with van der Waals surface area (Å²) in [5.74, 6) is -3.44. The number of allylic oxidation sites excluding steroid dienone is 1. The normalized spacial score (nSPS) is 28.8. The van der Waals surface area contributed by atoms with Gasteiger partial charge >= 0.3 is 0 Å². The maximum atomic E-state index is 14.5. The van der Waals surface area contributed by atoms with Crippen LogP contribution in [0.3, 0.4) is 0 Å². The zero-order valence-electron chi connectivity index (χ0n) is 27.3. The molecule has 0 bridgehead atoms. The van der Waals surface area contributed by atoms with Crippen molar-refractivity contribution in [3.05, 3.63) is 80.9 Å². The number of phenolic OH excluding ortho intramolecular Hbond substituents is 1. The van der Waals surface area contributed by atoms with Crippen molar-refractivity contribution in [1.29, 1.82) is 0 Å². The lowest BCUT2D eigenvalue weighted by atomic mass is 9.42. The molecule has 0 saturated heterocycles. The van der Waals surface area contributed by atoms with E-state index in [4.69, 9.17) is 0 Å². The molecule has 232 valence electrons. The number of Topliss-reactive ketones (excluding diaryl/α,β-unsaturated/α-hetero) is 3. The van der Waals surface area contributed by atoms with E-state index in [1.807, 2.05) is 32.9 Å². The second kappa shape index (κ2) is 10.1. The molecule has 1 saturated carbocycles. The van der Waals surface area contributed by atoms with Crippen LogP contribution in [0.15, 0.2) is 53.1 Å². The Morgan fingerprint density at radius 2 is 1.59 bits per heavy atom. The van der Waals surface area contributed by atoms with Gasteiger partial charge in [0.1, 0.15) is 11.5 Å². The van der Waals surface area contributed by atoms with Crippen LogP contribution >= 0.6 is 0 Å². The van der Waals surface area contributed by atoms with Gasteiger partial charge in [0, 0.05) is 16.4 Å². The fraction of sp³-hybridized carbons (Fsp3) is 0.447. The van der Waals surface area contributed by atoms with E-state index >= 15 is 0 Å². The van der Waals surface area contributed by atoms with E-state index in [-0.39, 0.29) is 40.2 Å². The number of aromatic hydroxyl groups is 1. The summed E-state index contributed by atoms with van der Waals surface area (Å²) in [6, 6.07) is 11.6. The summed E-state index contributed by atoms with van der Waals surface area (Å²) in [5.41, 5.74) is -0.475. The first kappa shape index (κ1) is 31.6. The van der Waals surface area contributed by atoms with Crippen LogP contribution in [0.25, 0.3) is 17.9 Å². The molecular formula is C38H44O6. The first-order valence-electron chi connectivity index (χ1n) is 15.4. The number of hydrogen-bond acceptors (Lipinski definition) is 6. The number of phenols is 1. The minimum atomic E-state index is -2.53. The van der Waals surface area contributed by atoms with Crippen molar-refractivity contribution in [3.8, 4) is 5.75 Å². The van der Waals surface area contributed by atoms with Crippen LogP contribution in [-0.4, -0.2) is 38.3 Å². The molecule has 3 N–H and O–H groups in total. The highest BCUT2D eigenvalue weighted by atomic mass is 16.3. The van der Waals surface area contributed by atoms with Crippen LogP contribution in [0.1, 0.15) is 96.6 Å². The second-order valence-corrected chi connectivity index (χ2v) is 15.0. The molecule has 0 radical (unpaired) electrons. The number of hydrogen-bond donors (Lipinski definition) is 3. The van der Waals surface area contributed by atoms with Crippen molar-refractivity contribution in [3.63, 3.8) is 0 Å². The monoisotopic (exact) mass is 596 g/mol. The summed E-state index contributed by atoms with van der Waals surface area (Å²) in [4.78, 5) is 41.1. The molecule has 0 aliphatic heterocycles. The number of ketones is 3. The minimum Gasteiger partial charge on any atom is -0.507 e. The van der Waals surface area contributed by atoms with Crippen LogP contribution in [0.2, 0.25) is 0 Å². The second-order valence-electron chi connectivity index (χ2n) is 15.0. The van der Waals surface area contributed by atoms with Gasteiger partial charge in [0.05, 0.1) is 11.1 Å². The lowest BCUT2D eigenvalue weighted by molar-refractivity contribution is -0.180. The van der Waals surface area contributed by atoms with Gasteiger partial charge in [-0.2, -0.15) is 0 Å². The third-order valence-electron chi connectivity index (χ3n) is 10.5. The summed E-state index contributed by atoms with van der Waals surface area (Å²) >= 11 is 0. The Morgan fingerprint density at radius 1 is 0.977 bits per heavy atom. The fourth-order valence-electron chi connectivity index (χ4n) is 8.71. The summed E-state index contributed by atoms with van der Waals surface area (Å²) < 4.78 is 0. The Morgan fingerprint density at radius 3 is 2.14 bits per heavy atom. The number of carbonyl (C=O) groups excluding carboxylic acids is 3. The zero-order chi connectivity index (χ0) is 32.7. The van der Waals surface area contributed by atoms with Gasteiger partial charge < -0.3 is 15.3 Å². The molecule has 2 aromatic rings. The third kappa shape index (κ3) is 4.36. The molecule has 0 heterocycles. The number of carbonyl (C=O) groups is 3. The lowest BCUT2D eigenvalue weighted by Crippen LogP contribution is -2.70. The van der Waals surface area contributed by atoms with Crippen molar-refractivity contribution in [2.45, 2.75) is 86.2 Å². The topological polar surface area (TPSA) is 112 Å². The van der Waals surface area contributed by atoms with E-state index in [2.05, 4.69) is 45.0 Å². The molecule has 44 heavy (non-hydrogen) atoms. The molecule has 3 aliphatic carbocycles. The summed E-state index contributed by atoms with van der Waals surface area (Å²) in [7, 11) is 0. The Hall–Kier alpha value is -3.77. The number of fused-ring (bicyclic) bond motifs is 3. The summed E-state index contributed by atoms with van der Waals surface area (Å²) in [6.07, 6.45) is 4.44. The standard InChI is InChI=1S/C38H44O6/c1-20(2)30-21(3)28(22(4)39)33(42)38(44)34(43)31-32(41)29-26(18-36(31,8)19-37(30,38)9)24(14-17-27(29)40)13-10-23-11-15-25(16-12-23)35(5,6)7/h10-17,20,30,40-41,44H,18-19H2,1-9H3/b13-10+/t30-,36+,37+,38-/m1/s1. The maximum absolute atomic E-state index is 14.5. The molecule has 0 unspecified atom stereocenters. The molecular weight excluding hydrogens is 552 g/mol. The Balaban J connectivity index is 1.67. The van der Waals surface area contributed by atoms with Gasteiger partial charge in [0.25, 0.3) is 0 Å². The van der Waals surface area contributed by atoms with Gasteiger partial charge in [-0.3, -0.25) is 14.4 Å². The molecule has 5 rings (SSSR count). The molecule has 0 aromatic heterocycles. The van der Waals surface area contributed by atoms with Crippen molar-refractivity contribution in [2.24, 2.45) is 22.7 Å². The van der Waals surface area contributed by atoms with E-state index in [0.717, 1.165) is 11.1 Å². The highest BCUT2D eigenvalue weighted by molar-refractivity contribution is 6.33. The smallest absolute Gasteiger partial charge is 0.206 e. The highest BCUT2D eigenvalue weighted by Gasteiger charge is 2.72. The first-order valence-corrected chi connectivity index (χ1v) is 15.4. The molecule has 1 fully saturated rings. The molecule has 3 aliphatic rings. The van der Waals surface area contributed by atoms with E-state index in [1.54, 1.807) is 19.9 Å². The minimum absolute atomic E-state index is 0.0367. The van der Waals surface area contributed by atoms with Crippen molar-refractivity contribution < 1.29 is 29.7 Å². The predicted molar refractivity (Wildman–Crippen MR) is 173 cm³/mol. The largest absolute Gasteiger partial charge is 0.507 e. The number of aliphatic hydroxyl groups excluding tert-OH is 1. The molecule has 0 spiro atoms. The molecule has 2 aromatic carbocycles. The molecule has 6 heteroatoms. The van der Waals surface area contributed by atoms with E-state index in [9.17, 15) is 29.7 Å². The van der Waals surface area contributed by atoms with Crippen LogP contribution in [0, 0.1) is 22.7 Å². The maximum Gasteiger partial charge on any atom is 0.206 e. The van der Waals surface area contributed by atoms with Gasteiger partial charge in [-0.25, -0.2) is 0 Å². The average molecular weight is 597 g/mol. The lowest BCUT2D eigenvalue weighted by Gasteiger charge is -2.60. The molecule has 6 nitrogen and oxygen atoms in total. The van der Waals surface area contributed by atoms with Crippen LogP contribution < -0.4 is 0 Å². The number of benzene rings is 2. The van der Waals surface area contributed by atoms with Gasteiger partial charge in [-0.15, -0.1) is 0 Å². The van der Waals surface area contributed by atoms with Gasteiger partial charge in [0.15, 0.2) is 11.4 Å². The van der Waals surface area contributed by atoms with Crippen LogP contribution in [0.4, 0.5) is 0 Å². The Kier molecular flexibility index (Phi) is 7.29. The average Bonchev–Trinajstić information content (AvgIpc) is 2.89. The van der Waals surface area contributed by atoms with Gasteiger partial charge in [0.2, 0.25) is 11.6 Å². The van der Waals surface area contributed by atoms with E-state index in [1.165, 1.54) is 18.6 Å². The SMILES string of the molecule is CC(=O)C1=C(C)[C@@H](C(C)C)[C@]2(C)C[C@]3(C)Cc4c(/C=C/c5ccc(C(C)(C)C)cc5)ccc(O)c4C(O)=C3C(=O)[C@]2(O)C1=O. The first-order chi connectivity index (χ1) is 20.3. The summed E-state index contributed by atoms with van der Waals surface area (Å²) in [5, 5.41) is 35.0.